The van der Waals surface area contributed by atoms with Crippen molar-refractivity contribution in [3.8, 4) is 5.75 Å². The van der Waals surface area contributed by atoms with Gasteiger partial charge in [0, 0.05) is 11.1 Å². The number of hydrogen-bond donors (Lipinski definition) is 2. The third kappa shape index (κ3) is 1.20. The van der Waals surface area contributed by atoms with Gasteiger partial charge in [-0.2, -0.15) is 0 Å². The Labute approximate surface area is 76.2 Å². The molecule has 0 unspecified atom stereocenters. The number of benzene rings is 1. The van der Waals surface area contributed by atoms with Gasteiger partial charge >= 0.3 is 0 Å². The number of hydrogen-bond acceptors (Lipinski definition) is 2. The van der Waals surface area contributed by atoms with Crippen molar-refractivity contribution in [1.82, 2.24) is 0 Å². The third-order valence-corrected chi connectivity index (χ3v) is 2.63. The van der Waals surface area contributed by atoms with Crippen LogP contribution in [0.25, 0.3) is 0 Å². The van der Waals surface area contributed by atoms with Crippen LogP contribution in [-0.4, -0.2) is 5.11 Å². The summed E-state index contributed by atoms with van der Waals surface area (Å²) in [6.07, 6.45) is 1.64. The Bertz CT molecular complexity index is 358. The summed E-state index contributed by atoms with van der Waals surface area (Å²) in [7, 11) is 0. The molecule has 0 radical (unpaired) electrons. The summed E-state index contributed by atoms with van der Waals surface area (Å²) in [5, 5.41) is 9.50. The van der Waals surface area contributed by atoms with E-state index >= 15 is 0 Å². The Morgan fingerprint density at radius 2 is 2.08 bits per heavy atom. The first-order valence-corrected chi connectivity index (χ1v) is 4.32. The lowest BCUT2D eigenvalue weighted by molar-refractivity contribution is 0.417. The van der Waals surface area contributed by atoms with Gasteiger partial charge in [0.05, 0.1) is 0 Å². The van der Waals surface area contributed by atoms with Gasteiger partial charge in [0.2, 0.25) is 0 Å². The lowest BCUT2D eigenvalue weighted by atomic mass is 10.0. The minimum absolute atomic E-state index is 0.278. The molecule has 0 spiro atoms. The second-order valence-electron chi connectivity index (χ2n) is 3.75. The van der Waals surface area contributed by atoms with E-state index in [-0.39, 0.29) is 5.75 Å². The van der Waals surface area contributed by atoms with E-state index in [0.717, 1.165) is 12.8 Å². The van der Waals surface area contributed by atoms with Crippen molar-refractivity contribution in [2.45, 2.75) is 25.3 Å². The average molecular weight is 181 g/mol. The van der Waals surface area contributed by atoms with Crippen molar-refractivity contribution in [3.05, 3.63) is 29.1 Å². The van der Waals surface area contributed by atoms with E-state index in [4.69, 9.17) is 5.73 Å². The van der Waals surface area contributed by atoms with Crippen molar-refractivity contribution in [3.63, 3.8) is 0 Å². The first kappa shape index (κ1) is 8.51. The largest absolute Gasteiger partial charge is 0.505 e. The molecule has 70 valence electrons. The highest BCUT2D eigenvalue weighted by Crippen LogP contribution is 2.47. The number of rotatable bonds is 1. The highest BCUT2D eigenvalue weighted by Gasteiger charge is 2.42. The van der Waals surface area contributed by atoms with Gasteiger partial charge in [-0.25, -0.2) is 4.39 Å². The van der Waals surface area contributed by atoms with Gasteiger partial charge in [-0.05, 0) is 25.3 Å². The molecular weight excluding hydrogens is 169 g/mol. The van der Waals surface area contributed by atoms with E-state index in [0.29, 0.717) is 11.1 Å². The number of aromatic hydroxyl groups is 1. The molecule has 0 bridgehead atoms. The molecule has 13 heavy (non-hydrogen) atoms. The molecule has 0 heterocycles. The van der Waals surface area contributed by atoms with Crippen molar-refractivity contribution < 1.29 is 9.50 Å². The molecule has 1 aromatic carbocycles. The topological polar surface area (TPSA) is 46.2 Å². The zero-order chi connectivity index (χ0) is 9.64. The fourth-order valence-corrected chi connectivity index (χ4v) is 1.47. The molecule has 2 rings (SSSR count). The average Bonchev–Trinajstić information content (AvgIpc) is 2.80. The monoisotopic (exact) mass is 181 g/mol. The predicted octanol–water partition coefficient (Wildman–Crippen LogP) is 1.79. The summed E-state index contributed by atoms with van der Waals surface area (Å²) in [4.78, 5) is 0. The minimum atomic E-state index is -0.547. The molecular formula is C10H12FNO. The molecule has 0 atom stereocenters. The highest BCUT2D eigenvalue weighted by atomic mass is 19.1. The van der Waals surface area contributed by atoms with Gasteiger partial charge in [-0.15, -0.1) is 0 Å². The van der Waals surface area contributed by atoms with Crippen LogP contribution in [0.2, 0.25) is 0 Å². The molecule has 3 heteroatoms. The van der Waals surface area contributed by atoms with E-state index in [1.54, 1.807) is 19.1 Å². The van der Waals surface area contributed by atoms with Gasteiger partial charge in [0.15, 0.2) is 11.6 Å². The number of phenols is 1. The summed E-state index contributed by atoms with van der Waals surface area (Å²) in [5.74, 6) is -0.825. The van der Waals surface area contributed by atoms with Crippen LogP contribution in [0.3, 0.4) is 0 Å². The van der Waals surface area contributed by atoms with Crippen LogP contribution in [0.15, 0.2) is 12.1 Å². The van der Waals surface area contributed by atoms with Crippen LogP contribution >= 0.6 is 0 Å². The molecule has 0 saturated heterocycles. The van der Waals surface area contributed by atoms with Crippen LogP contribution in [0, 0.1) is 12.7 Å². The van der Waals surface area contributed by atoms with E-state index in [9.17, 15) is 9.50 Å². The van der Waals surface area contributed by atoms with Crippen LogP contribution in [0.4, 0.5) is 4.39 Å². The summed E-state index contributed by atoms with van der Waals surface area (Å²) in [6, 6.07) is 3.36. The Hall–Kier alpha value is -1.09. The summed E-state index contributed by atoms with van der Waals surface area (Å²) in [6.45, 7) is 1.62. The molecule has 0 aromatic heterocycles. The fourth-order valence-electron chi connectivity index (χ4n) is 1.47. The van der Waals surface area contributed by atoms with Crippen molar-refractivity contribution >= 4 is 0 Å². The van der Waals surface area contributed by atoms with Crippen LogP contribution < -0.4 is 5.73 Å². The SMILES string of the molecule is Cc1ccc(C2(N)CC2)c(O)c1F. The molecule has 2 nitrogen and oxygen atoms in total. The molecule has 1 saturated carbocycles. The standard InChI is InChI=1S/C10H12FNO/c1-6-2-3-7(9(13)8(6)11)10(12)4-5-10/h2-3,13H,4-5,12H2,1H3. The van der Waals surface area contributed by atoms with E-state index in [1.807, 2.05) is 0 Å². The molecule has 0 amide bonds. The fraction of sp³-hybridized carbons (Fsp3) is 0.400. The second kappa shape index (κ2) is 2.45. The van der Waals surface area contributed by atoms with Crippen molar-refractivity contribution in [1.29, 1.82) is 0 Å². The van der Waals surface area contributed by atoms with Crippen LogP contribution in [0.5, 0.6) is 5.75 Å². The number of aryl methyl sites for hydroxylation is 1. The molecule has 0 aliphatic heterocycles. The Morgan fingerprint density at radius 1 is 1.46 bits per heavy atom. The van der Waals surface area contributed by atoms with Gasteiger partial charge in [-0.3, -0.25) is 0 Å². The number of phenolic OH excluding ortho intramolecular Hbond substituents is 1. The molecule has 1 aromatic rings. The molecule has 1 fully saturated rings. The molecule has 3 N–H and O–H groups in total. The molecule has 1 aliphatic rings. The zero-order valence-corrected chi connectivity index (χ0v) is 7.47. The van der Waals surface area contributed by atoms with Gasteiger partial charge < -0.3 is 10.8 Å². The first-order valence-electron chi connectivity index (χ1n) is 4.32. The summed E-state index contributed by atoms with van der Waals surface area (Å²) in [5.41, 5.74) is 6.37. The van der Waals surface area contributed by atoms with Crippen molar-refractivity contribution in [2.24, 2.45) is 5.73 Å². The Morgan fingerprint density at radius 3 is 2.62 bits per heavy atom. The number of halogens is 1. The van der Waals surface area contributed by atoms with Gasteiger partial charge in [0.1, 0.15) is 0 Å². The Balaban J connectivity index is 2.54. The maximum absolute atomic E-state index is 13.2. The Kier molecular flexibility index (Phi) is 1.60. The quantitative estimate of drug-likeness (QED) is 0.693. The van der Waals surface area contributed by atoms with Gasteiger partial charge in [-0.1, -0.05) is 12.1 Å². The maximum atomic E-state index is 13.2. The van der Waals surface area contributed by atoms with E-state index in [2.05, 4.69) is 0 Å². The minimum Gasteiger partial charge on any atom is -0.505 e. The van der Waals surface area contributed by atoms with Crippen LogP contribution in [-0.2, 0) is 5.54 Å². The molecule has 1 aliphatic carbocycles. The first-order chi connectivity index (χ1) is 6.04. The van der Waals surface area contributed by atoms with E-state index in [1.165, 1.54) is 0 Å². The number of nitrogens with two attached hydrogens (primary N) is 1. The third-order valence-electron chi connectivity index (χ3n) is 2.63. The van der Waals surface area contributed by atoms with Crippen molar-refractivity contribution in [2.75, 3.05) is 0 Å². The van der Waals surface area contributed by atoms with E-state index < -0.39 is 11.4 Å². The normalized spacial score (nSPS) is 18.7. The maximum Gasteiger partial charge on any atom is 0.168 e. The zero-order valence-electron chi connectivity index (χ0n) is 7.47. The predicted molar refractivity (Wildman–Crippen MR) is 47.9 cm³/mol. The summed E-state index contributed by atoms with van der Waals surface area (Å²) < 4.78 is 13.2. The summed E-state index contributed by atoms with van der Waals surface area (Å²) >= 11 is 0. The lowest BCUT2D eigenvalue weighted by Crippen LogP contribution is -2.19. The van der Waals surface area contributed by atoms with Crippen LogP contribution in [0.1, 0.15) is 24.0 Å². The highest BCUT2D eigenvalue weighted by molar-refractivity contribution is 5.44. The second-order valence-corrected chi connectivity index (χ2v) is 3.75. The lowest BCUT2D eigenvalue weighted by Gasteiger charge is -2.12. The van der Waals surface area contributed by atoms with Gasteiger partial charge in [0.25, 0.3) is 0 Å². The smallest absolute Gasteiger partial charge is 0.168 e.